The van der Waals surface area contributed by atoms with Crippen molar-refractivity contribution < 1.29 is 12.8 Å². The summed E-state index contributed by atoms with van der Waals surface area (Å²) in [4.78, 5) is 4.26. The number of anilines is 1. The smallest absolute Gasteiger partial charge is 0.241 e. The van der Waals surface area contributed by atoms with Crippen LogP contribution in [0.2, 0.25) is 0 Å². The van der Waals surface area contributed by atoms with Crippen LogP contribution >= 0.6 is 0 Å². The number of nitrogens with zero attached hydrogens (tertiary/aromatic N) is 1. The molecular weight excluding hydrogens is 278 g/mol. The summed E-state index contributed by atoms with van der Waals surface area (Å²) in [5.74, 6) is 1.02. The lowest BCUT2D eigenvalue weighted by Gasteiger charge is -2.07. The van der Waals surface area contributed by atoms with Gasteiger partial charge in [-0.2, -0.15) is 0 Å². The van der Waals surface area contributed by atoms with Crippen molar-refractivity contribution in [2.45, 2.75) is 32.2 Å². The monoisotopic (exact) mass is 295 g/mol. The Morgan fingerprint density at radius 2 is 1.95 bits per heavy atom. The molecule has 0 radical (unpaired) electrons. The topological polar surface area (TPSA) is 98.2 Å². The lowest BCUT2D eigenvalue weighted by atomic mass is 10.2. The van der Waals surface area contributed by atoms with E-state index in [0.29, 0.717) is 17.3 Å². The Balaban J connectivity index is 2.18. The van der Waals surface area contributed by atoms with Crippen molar-refractivity contribution in [1.82, 2.24) is 9.71 Å². The third kappa shape index (κ3) is 3.17. The Labute approximate surface area is 118 Å². The second kappa shape index (κ2) is 5.26. The van der Waals surface area contributed by atoms with Gasteiger partial charge >= 0.3 is 0 Å². The van der Waals surface area contributed by atoms with E-state index in [-0.39, 0.29) is 11.4 Å². The van der Waals surface area contributed by atoms with Gasteiger partial charge in [-0.05, 0) is 44.5 Å². The minimum atomic E-state index is -3.64. The lowest BCUT2D eigenvalue weighted by molar-refractivity contribution is 0.463. The molecule has 0 aliphatic rings. The number of hydrogen-bond acceptors (Lipinski definition) is 5. The van der Waals surface area contributed by atoms with Gasteiger partial charge in [0.15, 0.2) is 0 Å². The first-order valence-electron chi connectivity index (χ1n) is 6.07. The van der Waals surface area contributed by atoms with Gasteiger partial charge in [-0.25, -0.2) is 18.1 Å². The first kappa shape index (κ1) is 14.5. The van der Waals surface area contributed by atoms with Crippen molar-refractivity contribution in [2.24, 2.45) is 0 Å². The molecule has 6 nitrogen and oxygen atoms in total. The fourth-order valence-electron chi connectivity index (χ4n) is 1.79. The lowest BCUT2D eigenvalue weighted by Crippen LogP contribution is -2.23. The normalized spacial score (nSPS) is 11.8. The summed E-state index contributed by atoms with van der Waals surface area (Å²) in [6.45, 7) is 5.38. The van der Waals surface area contributed by atoms with Crippen molar-refractivity contribution in [1.29, 1.82) is 0 Å². The zero-order valence-corrected chi connectivity index (χ0v) is 12.4. The maximum atomic E-state index is 12.2. The van der Waals surface area contributed by atoms with Crippen LogP contribution in [0, 0.1) is 20.8 Å². The van der Waals surface area contributed by atoms with Gasteiger partial charge in [0.05, 0.1) is 17.1 Å². The van der Waals surface area contributed by atoms with E-state index in [1.54, 1.807) is 32.9 Å². The van der Waals surface area contributed by atoms with Gasteiger partial charge in [-0.15, -0.1) is 0 Å². The van der Waals surface area contributed by atoms with Crippen LogP contribution in [0.3, 0.4) is 0 Å². The molecule has 0 atom stereocenters. The standard InChI is InChI=1S/C13H17N3O3S/c1-8-4-11(14)6-12(5-8)20(17,18)15-7-13-16-9(2)10(3)19-13/h4-6,15H,7,14H2,1-3H3. The highest BCUT2D eigenvalue weighted by Crippen LogP contribution is 2.16. The second-order valence-corrected chi connectivity index (χ2v) is 6.42. The molecule has 1 aromatic carbocycles. The molecule has 2 rings (SSSR count). The van der Waals surface area contributed by atoms with E-state index >= 15 is 0 Å². The maximum Gasteiger partial charge on any atom is 0.241 e. The molecule has 3 N–H and O–H groups in total. The molecule has 0 unspecified atom stereocenters. The van der Waals surface area contributed by atoms with Crippen LogP contribution in [0.25, 0.3) is 0 Å². The summed E-state index contributed by atoms with van der Waals surface area (Å²) in [6, 6.07) is 4.69. The fraction of sp³-hybridized carbons (Fsp3) is 0.308. The van der Waals surface area contributed by atoms with E-state index in [2.05, 4.69) is 9.71 Å². The summed E-state index contributed by atoms with van der Waals surface area (Å²) in [6.07, 6.45) is 0. The second-order valence-electron chi connectivity index (χ2n) is 4.65. The number of oxazole rings is 1. The number of aromatic nitrogens is 1. The van der Waals surface area contributed by atoms with Crippen molar-refractivity contribution in [2.75, 3.05) is 5.73 Å². The summed E-state index contributed by atoms with van der Waals surface area (Å²) >= 11 is 0. The Morgan fingerprint density at radius 3 is 2.50 bits per heavy atom. The fourth-order valence-corrected chi connectivity index (χ4v) is 2.90. The molecule has 0 fully saturated rings. The molecule has 0 bridgehead atoms. The van der Waals surface area contributed by atoms with Crippen LogP contribution in [-0.2, 0) is 16.6 Å². The molecule has 0 aliphatic heterocycles. The van der Waals surface area contributed by atoms with E-state index in [1.165, 1.54) is 6.07 Å². The van der Waals surface area contributed by atoms with E-state index in [0.717, 1.165) is 11.3 Å². The van der Waals surface area contributed by atoms with Gasteiger partial charge in [0.1, 0.15) is 5.76 Å². The summed E-state index contributed by atoms with van der Waals surface area (Å²) < 4.78 is 32.1. The van der Waals surface area contributed by atoms with Crippen LogP contribution < -0.4 is 10.5 Å². The van der Waals surface area contributed by atoms with Crippen LogP contribution in [0.5, 0.6) is 0 Å². The molecule has 1 aromatic heterocycles. The van der Waals surface area contributed by atoms with Gasteiger partial charge in [-0.3, -0.25) is 0 Å². The SMILES string of the molecule is Cc1cc(N)cc(S(=O)(=O)NCc2nc(C)c(C)o2)c1. The molecule has 2 aromatic rings. The molecule has 0 aliphatic carbocycles. The molecular formula is C13H17N3O3S. The Morgan fingerprint density at radius 1 is 1.25 bits per heavy atom. The molecule has 108 valence electrons. The average molecular weight is 295 g/mol. The summed E-state index contributed by atoms with van der Waals surface area (Å²) in [7, 11) is -3.64. The third-order valence-corrected chi connectivity index (χ3v) is 4.25. The van der Waals surface area contributed by atoms with Gasteiger partial charge in [0, 0.05) is 5.69 Å². The van der Waals surface area contributed by atoms with Gasteiger partial charge < -0.3 is 10.2 Å². The van der Waals surface area contributed by atoms with Crippen molar-refractivity contribution in [3.8, 4) is 0 Å². The Bertz CT molecular complexity index is 696. The number of nitrogen functional groups attached to an aromatic ring is 1. The highest BCUT2D eigenvalue weighted by atomic mass is 32.2. The van der Waals surface area contributed by atoms with Gasteiger partial charge in [0.2, 0.25) is 15.9 Å². The largest absolute Gasteiger partial charge is 0.444 e. The Hall–Kier alpha value is -1.86. The molecule has 0 spiro atoms. The number of nitrogens with two attached hydrogens (primary N) is 1. The van der Waals surface area contributed by atoms with E-state index in [1.807, 2.05) is 0 Å². The molecule has 0 saturated heterocycles. The highest BCUT2D eigenvalue weighted by molar-refractivity contribution is 7.89. The number of hydrogen-bond donors (Lipinski definition) is 2. The van der Waals surface area contributed by atoms with E-state index in [9.17, 15) is 8.42 Å². The van der Waals surface area contributed by atoms with Crippen molar-refractivity contribution >= 4 is 15.7 Å². The number of rotatable bonds is 4. The zero-order chi connectivity index (χ0) is 14.9. The van der Waals surface area contributed by atoms with E-state index < -0.39 is 10.0 Å². The number of sulfonamides is 1. The predicted molar refractivity (Wildman–Crippen MR) is 75.6 cm³/mol. The number of nitrogens with one attached hydrogen (secondary N) is 1. The van der Waals surface area contributed by atoms with Crippen molar-refractivity contribution in [3.63, 3.8) is 0 Å². The average Bonchev–Trinajstić information content (AvgIpc) is 2.65. The van der Waals surface area contributed by atoms with Gasteiger partial charge in [0.25, 0.3) is 0 Å². The van der Waals surface area contributed by atoms with Crippen LogP contribution in [0.4, 0.5) is 5.69 Å². The number of benzene rings is 1. The molecule has 7 heteroatoms. The first-order valence-corrected chi connectivity index (χ1v) is 7.56. The number of aryl methyl sites for hydroxylation is 3. The quantitative estimate of drug-likeness (QED) is 0.836. The molecule has 0 amide bonds. The van der Waals surface area contributed by atoms with Gasteiger partial charge in [-0.1, -0.05) is 0 Å². The molecule has 0 saturated carbocycles. The highest BCUT2D eigenvalue weighted by Gasteiger charge is 2.16. The van der Waals surface area contributed by atoms with Crippen LogP contribution in [-0.4, -0.2) is 13.4 Å². The summed E-state index contributed by atoms with van der Waals surface area (Å²) in [5.41, 5.74) is 7.61. The van der Waals surface area contributed by atoms with Crippen LogP contribution in [0.1, 0.15) is 22.9 Å². The maximum absolute atomic E-state index is 12.2. The Kier molecular flexibility index (Phi) is 3.82. The minimum Gasteiger partial charge on any atom is -0.444 e. The van der Waals surface area contributed by atoms with E-state index in [4.69, 9.17) is 10.2 Å². The minimum absolute atomic E-state index is 0.00482. The first-order chi connectivity index (χ1) is 9.28. The summed E-state index contributed by atoms with van der Waals surface area (Å²) in [5, 5.41) is 0. The predicted octanol–water partition coefficient (Wildman–Crippen LogP) is 1.66. The molecule has 1 heterocycles. The van der Waals surface area contributed by atoms with Crippen LogP contribution in [0.15, 0.2) is 27.5 Å². The zero-order valence-electron chi connectivity index (χ0n) is 11.6. The van der Waals surface area contributed by atoms with Crippen molar-refractivity contribution in [3.05, 3.63) is 41.1 Å². The molecule has 20 heavy (non-hydrogen) atoms. The third-order valence-electron chi connectivity index (χ3n) is 2.87.